The third-order valence-electron chi connectivity index (χ3n) is 3.78. The summed E-state index contributed by atoms with van der Waals surface area (Å²) in [5.41, 5.74) is 1.16. The molecule has 1 aliphatic heterocycles. The van der Waals surface area contributed by atoms with Crippen LogP contribution in [0.2, 0.25) is 0 Å². The Hall–Kier alpha value is -2.35. The summed E-state index contributed by atoms with van der Waals surface area (Å²) in [7, 11) is 0. The van der Waals surface area contributed by atoms with E-state index in [0.717, 1.165) is 44.5 Å². The molecule has 3 rings (SSSR count). The van der Waals surface area contributed by atoms with Crippen molar-refractivity contribution in [2.75, 3.05) is 31.1 Å². The van der Waals surface area contributed by atoms with Crippen LogP contribution in [0, 0.1) is 0 Å². The van der Waals surface area contributed by atoms with Crippen molar-refractivity contribution in [3.63, 3.8) is 0 Å². The first-order valence-corrected chi connectivity index (χ1v) is 7.58. The predicted octanol–water partition coefficient (Wildman–Crippen LogP) is 2.70. The van der Waals surface area contributed by atoms with E-state index < -0.39 is 6.36 Å². The largest absolute Gasteiger partial charge is 0.573 e. The molecule has 0 spiro atoms. The number of alkyl halides is 3. The molecule has 0 N–H and O–H groups in total. The number of nitrogens with zero attached hydrogens (tertiary/aromatic N) is 4. The van der Waals surface area contributed by atoms with Crippen molar-refractivity contribution in [1.29, 1.82) is 0 Å². The van der Waals surface area contributed by atoms with Crippen LogP contribution in [-0.4, -0.2) is 47.4 Å². The van der Waals surface area contributed by atoms with Crippen LogP contribution in [0.25, 0.3) is 0 Å². The molecule has 1 aliphatic rings. The Bertz CT molecular complexity index is 641. The number of pyridine rings is 2. The second-order valence-electron chi connectivity index (χ2n) is 5.52. The molecule has 8 heteroatoms. The molecule has 24 heavy (non-hydrogen) atoms. The van der Waals surface area contributed by atoms with Crippen LogP contribution < -0.4 is 9.64 Å². The number of piperazine rings is 1. The lowest BCUT2D eigenvalue weighted by molar-refractivity contribution is -0.274. The van der Waals surface area contributed by atoms with Crippen molar-refractivity contribution in [1.82, 2.24) is 14.9 Å². The molecular formula is C16H17F3N4O. The highest BCUT2D eigenvalue weighted by molar-refractivity contribution is 5.41. The minimum Gasteiger partial charge on any atom is -0.404 e. The van der Waals surface area contributed by atoms with Gasteiger partial charge in [0.1, 0.15) is 11.6 Å². The van der Waals surface area contributed by atoms with E-state index >= 15 is 0 Å². The van der Waals surface area contributed by atoms with Gasteiger partial charge in [-0.05, 0) is 23.8 Å². The molecule has 1 fully saturated rings. The Morgan fingerprint density at radius 3 is 2.42 bits per heavy atom. The van der Waals surface area contributed by atoms with Gasteiger partial charge in [0.2, 0.25) is 0 Å². The van der Waals surface area contributed by atoms with Crippen LogP contribution in [0.4, 0.5) is 19.0 Å². The van der Waals surface area contributed by atoms with Crippen LogP contribution in [0.5, 0.6) is 5.75 Å². The van der Waals surface area contributed by atoms with E-state index in [9.17, 15) is 13.2 Å². The minimum absolute atomic E-state index is 0.304. The summed E-state index contributed by atoms with van der Waals surface area (Å²) in [4.78, 5) is 12.5. The van der Waals surface area contributed by atoms with Crippen molar-refractivity contribution in [2.24, 2.45) is 0 Å². The quantitative estimate of drug-likeness (QED) is 0.857. The van der Waals surface area contributed by atoms with Gasteiger partial charge in [-0.3, -0.25) is 9.88 Å². The van der Waals surface area contributed by atoms with E-state index in [-0.39, 0.29) is 5.75 Å². The number of hydrogen-bond donors (Lipinski definition) is 0. The van der Waals surface area contributed by atoms with Crippen LogP contribution in [0.1, 0.15) is 5.56 Å². The summed E-state index contributed by atoms with van der Waals surface area (Å²) in [5.74, 6) is 0.354. The molecule has 0 aromatic carbocycles. The van der Waals surface area contributed by atoms with Gasteiger partial charge in [-0.1, -0.05) is 6.07 Å². The number of anilines is 1. The van der Waals surface area contributed by atoms with Gasteiger partial charge in [-0.2, -0.15) is 0 Å². The normalized spacial score (nSPS) is 16.2. The van der Waals surface area contributed by atoms with Crippen LogP contribution in [-0.2, 0) is 6.54 Å². The highest BCUT2D eigenvalue weighted by atomic mass is 19.4. The standard InChI is InChI=1S/C16H17F3N4O/c17-16(18,19)24-14-3-4-15(21-11-14)23-8-6-22(7-9-23)12-13-2-1-5-20-10-13/h1-5,10-11H,6-9,12H2. The van der Waals surface area contributed by atoms with E-state index in [1.54, 1.807) is 12.3 Å². The summed E-state index contributed by atoms with van der Waals surface area (Å²) >= 11 is 0. The second kappa shape index (κ2) is 7.04. The molecule has 0 radical (unpaired) electrons. The zero-order valence-electron chi connectivity index (χ0n) is 12.9. The van der Waals surface area contributed by atoms with Gasteiger partial charge in [0.05, 0.1) is 6.20 Å². The Balaban J connectivity index is 1.53. The summed E-state index contributed by atoms with van der Waals surface area (Å²) in [6.45, 7) is 4.10. The van der Waals surface area contributed by atoms with Gasteiger partial charge < -0.3 is 9.64 Å². The maximum Gasteiger partial charge on any atom is 0.573 e. The molecule has 2 aromatic rings. The molecule has 2 aromatic heterocycles. The molecule has 0 saturated carbocycles. The summed E-state index contributed by atoms with van der Waals surface area (Å²) in [6, 6.07) is 6.80. The van der Waals surface area contributed by atoms with E-state index in [1.807, 2.05) is 18.3 Å². The second-order valence-corrected chi connectivity index (χ2v) is 5.52. The zero-order chi connectivity index (χ0) is 17.0. The monoisotopic (exact) mass is 338 g/mol. The van der Waals surface area contributed by atoms with Crippen LogP contribution in [0.15, 0.2) is 42.9 Å². The SMILES string of the molecule is FC(F)(F)Oc1ccc(N2CCN(Cc3cccnc3)CC2)nc1. The van der Waals surface area contributed by atoms with Crippen molar-refractivity contribution in [3.05, 3.63) is 48.4 Å². The van der Waals surface area contributed by atoms with Gasteiger partial charge in [0.25, 0.3) is 0 Å². The Labute approximate surface area is 137 Å². The average Bonchev–Trinajstić information content (AvgIpc) is 2.56. The van der Waals surface area contributed by atoms with Gasteiger partial charge >= 0.3 is 6.36 Å². The minimum atomic E-state index is -4.69. The van der Waals surface area contributed by atoms with Crippen molar-refractivity contribution < 1.29 is 17.9 Å². The van der Waals surface area contributed by atoms with Gasteiger partial charge in [-0.25, -0.2) is 4.98 Å². The third-order valence-corrected chi connectivity index (χ3v) is 3.78. The van der Waals surface area contributed by atoms with E-state index in [4.69, 9.17) is 0 Å². The molecule has 0 unspecified atom stereocenters. The molecular weight excluding hydrogens is 321 g/mol. The maximum absolute atomic E-state index is 12.1. The fourth-order valence-electron chi connectivity index (χ4n) is 2.64. The molecule has 0 aliphatic carbocycles. The van der Waals surface area contributed by atoms with E-state index in [2.05, 4.69) is 24.5 Å². The van der Waals surface area contributed by atoms with Crippen molar-refractivity contribution in [3.8, 4) is 5.75 Å². The van der Waals surface area contributed by atoms with Gasteiger partial charge in [0, 0.05) is 45.1 Å². The van der Waals surface area contributed by atoms with Crippen molar-refractivity contribution >= 4 is 5.82 Å². The molecule has 1 saturated heterocycles. The highest BCUT2D eigenvalue weighted by Gasteiger charge is 2.31. The Morgan fingerprint density at radius 2 is 1.83 bits per heavy atom. The molecule has 0 amide bonds. The number of aromatic nitrogens is 2. The van der Waals surface area contributed by atoms with Crippen LogP contribution in [0.3, 0.4) is 0 Å². The van der Waals surface area contributed by atoms with Crippen LogP contribution >= 0.6 is 0 Å². The molecule has 5 nitrogen and oxygen atoms in total. The first-order valence-electron chi connectivity index (χ1n) is 7.58. The fraction of sp³-hybridized carbons (Fsp3) is 0.375. The number of hydrogen-bond acceptors (Lipinski definition) is 5. The summed E-state index contributed by atoms with van der Waals surface area (Å²) in [6.07, 6.45) is 0.0124. The lowest BCUT2D eigenvalue weighted by atomic mass is 10.2. The lowest BCUT2D eigenvalue weighted by Gasteiger charge is -2.35. The first kappa shape index (κ1) is 16.5. The molecule has 128 valence electrons. The number of rotatable bonds is 4. The van der Waals surface area contributed by atoms with Gasteiger partial charge in [-0.15, -0.1) is 13.2 Å². The smallest absolute Gasteiger partial charge is 0.404 e. The van der Waals surface area contributed by atoms with Gasteiger partial charge in [0.15, 0.2) is 0 Å². The number of ether oxygens (including phenoxy) is 1. The average molecular weight is 338 g/mol. The summed E-state index contributed by atoms with van der Waals surface area (Å²) in [5, 5.41) is 0. The Kier molecular flexibility index (Phi) is 4.84. The highest BCUT2D eigenvalue weighted by Crippen LogP contribution is 2.24. The topological polar surface area (TPSA) is 41.5 Å². The third kappa shape index (κ3) is 4.58. The lowest BCUT2D eigenvalue weighted by Crippen LogP contribution is -2.46. The van der Waals surface area contributed by atoms with Crippen molar-refractivity contribution in [2.45, 2.75) is 12.9 Å². The maximum atomic E-state index is 12.1. The first-order chi connectivity index (χ1) is 11.5. The molecule has 0 atom stereocenters. The Morgan fingerprint density at radius 1 is 1.04 bits per heavy atom. The predicted molar refractivity (Wildman–Crippen MR) is 82.6 cm³/mol. The van der Waals surface area contributed by atoms with E-state index in [1.165, 1.54) is 6.07 Å². The molecule has 3 heterocycles. The summed E-state index contributed by atoms with van der Waals surface area (Å²) < 4.78 is 40.3. The fourth-order valence-corrected chi connectivity index (χ4v) is 2.64. The zero-order valence-corrected chi connectivity index (χ0v) is 12.9. The molecule has 0 bridgehead atoms. The van der Waals surface area contributed by atoms with E-state index in [0.29, 0.717) is 5.82 Å². The number of halogens is 3.